The summed E-state index contributed by atoms with van der Waals surface area (Å²) in [7, 11) is 3.20. The molecular weight excluding hydrogens is 450 g/mol. The molecule has 0 heterocycles. The second-order valence-electron chi connectivity index (χ2n) is 11.5. The molecule has 7 heteroatoms. The van der Waals surface area contributed by atoms with Gasteiger partial charge in [0.05, 0.1) is 0 Å². The third kappa shape index (κ3) is 3.82. The molecule has 34 heavy (non-hydrogen) atoms. The van der Waals surface area contributed by atoms with Gasteiger partial charge >= 0.3 is 6.09 Å². The van der Waals surface area contributed by atoms with Crippen LogP contribution >= 0.6 is 12.2 Å². The fourth-order valence-electron chi connectivity index (χ4n) is 7.88. The number of ketones is 2. The average molecular weight is 490 g/mol. The Labute approximate surface area is 208 Å². The Kier molecular flexibility index (Phi) is 6.73. The number of hydrogen-bond acceptors (Lipinski definition) is 6. The van der Waals surface area contributed by atoms with E-state index in [0.717, 1.165) is 38.5 Å². The maximum absolute atomic E-state index is 13.8. The lowest BCUT2D eigenvalue weighted by molar-refractivity contribution is -0.161. The summed E-state index contributed by atoms with van der Waals surface area (Å²) in [5, 5.41) is 0.447. The second-order valence-corrected chi connectivity index (χ2v) is 11.9. The van der Waals surface area contributed by atoms with Gasteiger partial charge in [-0.15, -0.1) is 0 Å². The Morgan fingerprint density at radius 3 is 2.47 bits per heavy atom. The lowest BCUT2D eigenvalue weighted by Gasteiger charge is -2.59. The summed E-state index contributed by atoms with van der Waals surface area (Å²) in [5.41, 5.74) is 0.000589. The van der Waals surface area contributed by atoms with Crippen LogP contribution in [0.25, 0.3) is 0 Å². The zero-order chi connectivity index (χ0) is 24.9. The molecule has 0 spiro atoms. The highest BCUT2D eigenvalue weighted by molar-refractivity contribution is 7.80. The molecule has 0 bridgehead atoms. The minimum atomic E-state index is -1.05. The van der Waals surface area contributed by atoms with E-state index in [9.17, 15) is 14.4 Å². The summed E-state index contributed by atoms with van der Waals surface area (Å²) in [6, 6.07) is 0. The van der Waals surface area contributed by atoms with Gasteiger partial charge in [0.1, 0.15) is 0 Å². The second kappa shape index (κ2) is 9.03. The van der Waals surface area contributed by atoms with Crippen molar-refractivity contribution in [2.75, 3.05) is 20.7 Å². The summed E-state index contributed by atoms with van der Waals surface area (Å²) < 4.78 is 11.7. The predicted octanol–water partition coefficient (Wildman–Crippen LogP) is 5.28. The summed E-state index contributed by atoms with van der Waals surface area (Å²) in [6.07, 6.45) is 8.94. The number of fused-ring (bicyclic) bond motifs is 5. The van der Waals surface area contributed by atoms with Gasteiger partial charge in [-0.1, -0.05) is 26.3 Å². The zero-order valence-electron chi connectivity index (χ0n) is 21.3. The maximum Gasteiger partial charge on any atom is 0.409 e. The van der Waals surface area contributed by atoms with Gasteiger partial charge in [-0.05, 0) is 86.4 Å². The number of amides is 1. The molecule has 0 aliphatic heterocycles. The highest BCUT2D eigenvalue weighted by atomic mass is 32.1. The van der Waals surface area contributed by atoms with Crippen molar-refractivity contribution in [1.82, 2.24) is 4.90 Å². The lowest BCUT2D eigenvalue weighted by atomic mass is 9.46. The van der Waals surface area contributed by atoms with Crippen molar-refractivity contribution < 1.29 is 23.9 Å². The van der Waals surface area contributed by atoms with Crippen LogP contribution in [0.15, 0.2) is 11.6 Å². The maximum atomic E-state index is 13.8. The molecule has 4 aliphatic carbocycles. The lowest BCUT2D eigenvalue weighted by Crippen LogP contribution is -2.60. The molecule has 4 aliphatic rings. The van der Waals surface area contributed by atoms with Gasteiger partial charge in [-0.2, -0.15) is 0 Å². The highest BCUT2D eigenvalue weighted by Gasteiger charge is 2.68. The SMILES string of the molecule is CCC(=S)O[C@]1(C(=O)COC(=O)N(C)C)CC[C@H]2[C@@H]3CCC4=CC(=O)CC[C@]4(C)[C@H]3CC[C@@]21C. The number of ether oxygens (including phenoxy) is 2. The van der Waals surface area contributed by atoms with E-state index < -0.39 is 11.7 Å². The summed E-state index contributed by atoms with van der Waals surface area (Å²) >= 11 is 5.49. The molecule has 0 unspecified atom stereocenters. The van der Waals surface area contributed by atoms with Crippen molar-refractivity contribution >= 4 is 34.9 Å². The van der Waals surface area contributed by atoms with Crippen LogP contribution in [0.4, 0.5) is 4.79 Å². The van der Waals surface area contributed by atoms with Gasteiger partial charge in [0.25, 0.3) is 0 Å². The smallest absolute Gasteiger partial charge is 0.409 e. The zero-order valence-corrected chi connectivity index (χ0v) is 22.1. The molecule has 4 rings (SSSR count). The minimum Gasteiger partial charge on any atom is -0.472 e. The molecule has 0 N–H and O–H groups in total. The Bertz CT molecular complexity index is 928. The van der Waals surface area contributed by atoms with Crippen LogP contribution < -0.4 is 0 Å². The van der Waals surface area contributed by atoms with Crippen molar-refractivity contribution in [3.63, 3.8) is 0 Å². The number of carbonyl (C=O) groups excluding carboxylic acids is 3. The van der Waals surface area contributed by atoms with Crippen molar-refractivity contribution in [3.8, 4) is 0 Å². The molecule has 0 aromatic heterocycles. The molecule has 0 radical (unpaired) electrons. The number of carbonyl (C=O) groups is 3. The van der Waals surface area contributed by atoms with Crippen LogP contribution in [0.1, 0.15) is 78.6 Å². The first-order chi connectivity index (χ1) is 16.0. The van der Waals surface area contributed by atoms with Gasteiger partial charge in [-0.3, -0.25) is 9.59 Å². The van der Waals surface area contributed by atoms with Crippen molar-refractivity contribution in [3.05, 3.63) is 11.6 Å². The van der Waals surface area contributed by atoms with Gasteiger partial charge in [0.15, 0.2) is 23.0 Å². The number of allylic oxidation sites excluding steroid dienone is 1. The van der Waals surface area contributed by atoms with Crippen molar-refractivity contribution in [2.45, 2.75) is 84.2 Å². The van der Waals surface area contributed by atoms with Gasteiger partial charge < -0.3 is 14.4 Å². The molecule has 3 fully saturated rings. The number of nitrogens with zero attached hydrogens (tertiary/aromatic N) is 1. The van der Waals surface area contributed by atoms with Crippen molar-refractivity contribution in [2.24, 2.45) is 28.6 Å². The van der Waals surface area contributed by atoms with E-state index in [4.69, 9.17) is 21.7 Å². The number of thiocarbonyl (C=S) groups is 1. The van der Waals surface area contributed by atoms with E-state index in [0.29, 0.717) is 42.1 Å². The van der Waals surface area contributed by atoms with E-state index in [1.54, 1.807) is 14.1 Å². The summed E-state index contributed by atoms with van der Waals surface area (Å²) in [5.74, 6) is 1.45. The topological polar surface area (TPSA) is 72.9 Å². The molecular formula is C27H39NO5S. The monoisotopic (exact) mass is 489 g/mol. The molecule has 1 amide bonds. The fourth-order valence-corrected chi connectivity index (χ4v) is 8.02. The van der Waals surface area contributed by atoms with E-state index in [-0.39, 0.29) is 29.0 Å². The van der Waals surface area contributed by atoms with Crippen LogP contribution in [-0.4, -0.2) is 53.9 Å². The first kappa shape index (κ1) is 25.3. The predicted molar refractivity (Wildman–Crippen MR) is 133 cm³/mol. The Balaban J connectivity index is 1.64. The minimum absolute atomic E-state index is 0.0776. The van der Waals surface area contributed by atoms with Crippen molar-refractivity contribution in [1.29, 1.82) is 0 Å². The van der Waals surface area contributed by atoms with Crippen LogP contribution in [0.2, 0.25) is 0 Å². The summed E-state index contributed by atoms with van der Waals surface area (Å²) in [4.78, 5) is 39.2. The third-order valence-corrected chi connectivity index (χ3v) is 10.2. The Hall–Kier alpha value is -1.76. The number of hydrogen-bond donors (Lipinski definition) is 0. The highest BCUT2D eigenvalue weighted by Crippen LogP contribution is 2.68. The summed E-state index contributed by atoms with van der Waals surface area (Å²) in [6.45, 7) is 6.22. The van der Waals surface area contributed by atoms with E-state index in [1.165, 1.54) is 10.5 Å². The van der Waals surface area contributed by atoms with Crippen LogP contribution in [0, 0.1) is 28.6 Å². The quantitative estimate of drug-likeness (QED) is 0.489. The number of Topliss-reactive ketones (excluding diaryl/α,β-unsaturated/α-hetero) is 1. The van der Waals surface area contributed by atoms with E-state index >= 15 is 0 Å². The largest absolute Gasteiger partial charge is 0.472 e. The van der Waals surface area contributed by atoms with Gasteiger partial charge in [0.2, 0.25) is 5.78 Å². The molecule has 6 atom stereocenters. The van der Waals surface area contributed by atoms with Crippen LogP contribution in [-0.2, 0) is 19.1 Å². The molecule has 0 saturated heterocycles. The molecule has 0 aromatic carbocycles. The molecule has 188 valence electrons. The normalized spacial score (nSPS) is 38.7. The van der Waals surface area contributed by atoms with Crippen LogP contribution in [0.3, 0.4) is 0 Å². The van der Waals surface area contributed by atoms with Crippen LogP contribution in [0.5, 0.6) is 0 Å². The van der Waals surface area contributed by atoms with Gasteiger partial charge in [0, 0.05) is 32.4 Å². The van der Waals surface area contributed by atoms with Gasteiger partial charge in [-0.25, -0.2) is 4.79 Å². The Morgan fingerprint density at radius 1 is 1.09 bits per heavy atom. The fraction of sp³-hybridized carbons (Fsp3) is 0.778. The average Bonchev–Trinajstić information content (AvgIpc) is 3.10. The first-order valence-electron chi connectivity index (χ1n) is 12.8. The molecule has 0 aromatic rings. The van der Waals surface area contributed by atoms with E-state index in [2.05, 4.69) is 13.8 Å². The van der Waals surface area contributed by atoms with E-state index in [1.807, 2.05) is 13.0 Å². The molecule has 6 nitrogen and oxygen atoms in total. The first-order valence-corrected chi connectivity index (χ1v) is 13.2. The standard InChI is InChI=1S/C27H39NO5S/c1-6-23(34)33-27(22(30)16-32-24(31)28(4)5)14-11-21-19-8-7-17-15-18(29)9-12-25(17,2)20(19)10-13-26(21,27)3/h15,19-21H,6-14,16H2,1-5H3/t19-,20+,21+,25+,26+,27+/m1/s1. The Morgan fingerprint density at radius 2 is 1.79 bits per heavy atom. The third-order valence-electron chi connectivity index (χ3n) is 9.80. The molecule has 3 saturated carbocycles. The number of rotatable bonds is 5.